The van der Waals surface area contributed by atoms with Crippen LogP contribution >= 0.6 is 51.3 Å². The second-order valence-electron chi connectivity index (χ2n) is 7.36. The van der Waals surface area contributed by atoms with Gasteiger partial charge in [0.25, 0.3) is 0 Å². The van der Waals surface area contributed by atoms with E-state index < -0.39 is 14.5 Å². The fourth-order valence-corrected chi connectivity index (χ4v) is 6.72. The summed E-state index contributed by atoms with van der Waals surface area (Å²) in [6, 6.07) is 41.3. The van der Waals surface area contributed by atoms with Gasteiger partial charge in [-0.15, -0.1) is 0 Å². The summed E-state index contributed by atoms with van der Waals surface area (Å²) in [6.07, 6.45) is 0. The Morgan fingerprint density at radius 2 is 0.500 bits per heavy atom. The maximum atomic E-state index is 4.86. The van der Waals surface area contributed by atoms with E-state index in [2.05, 4.69) is 75.2 Å². The monoisotopic (exact) mass is 960 g/mol. The van der Waals surface area contributed by atoms with E-state index in [4.69, 9.17) is 36.8 Å². The molecule has 0 aliphatic carbocycles. The van der Waals surface area contributed by atoms with Gasteiger partial charge in [-0.1, -0.05) is 72.8 Å². The molecule has 0 atom stereocenters. The molecule has 0 heterocycles. The summed E-state index contributed by atoms with van der Waals surface area (Å²) in [7, 11) is 16.1. The van der Waals surface area contributed by atoms with E-state index in [9.17, 15) is 0 Å². The van der Waals surface area contributed by atoms with Gasteiger partial charge in [0.2, 0.25) is 0 Å². The van der Waals surface area contributed by atoms with Gasteiger partial charge in [-0.3, -0.25) is 0 Å². The van der Waals surface area contributed by atoms with Crippen LogP contribution in [0.1, 0.15) is 0 Å². The van der Waals surface area contributed by atoms with Gasteiger partial charge < -0.3 is 0 Å². The summed E-state index contributed by atoms with van der Waals surface area (Å²) in [4.78, 5) is 0. The molecule has 0 unspecified atom stereocenters. The predicted octanol–water partition coefficient (Wildman–Crippen LogP) is 9.23. The molecular weight excluding hydrogens is 934 g/mol. The molecule has 0 saturated carbocycles. The molecular formula is C28H28Au2Cl4P2-4. The van der Waals surface area contributed by atoms with Gasteiger partial charge in [-0.05, 0) is 48.5 Å². The van der Waals surface area contributed by atoms with Crippen molar-refractivity contribution in [3.63, 3.8) is 0 Å². The summed E-state index contributed by atoms with van der Waals surface area (Å²) in [6.45, 7) is 17.2. The normalized spacial score (nSPS) is 10.7. The van der Waals surface area contributed by atoms with Gasteiger partial charge in [0.1, 0.15) is 0 Å². The van der Waals surface area contributed by atoms with Crippen LogP contribution in [0.4, 0.5) is 0 Å². The summed E-state index contributed by atoms with van der Waals surface area (Å²) < 4.78 is 0. The van der Waals surface area contributed by atoms with Gasteiger partial charge in [0.05, 0.1) is 0 Å². The molecule has 0 N–H and O–H groups in total. The van der Waals surface area contributed by atoms with Gasteiger partial charge in [0, 0.05) is 21.2 Å². The summed E-state index contributed by atoms with van der Waals surface area (Å²) in [5.74, 6) is 0. The van der Waals surface area contributed by atoms with Crippen molar-refractivity contribution in [1.82, 2.24) is 0 Å². The molecule has 4 aromatic rings. The molecule has 0 aliphatic rings. The molecule has 0 fully saturated rings. The number of halogens is 4. The molecule has 0 amide bonds. The van der Waals surface area contributed by atoms with Crippen molar-refractivity contribution in [3.05, 3.63) is 148 Å². The van der Waals surface area contributed by atoms with Crippen LogP contribution in [0, 0.1) is 26.7 Å². The number of rotatable bonds is 4. The molecule has 0 bridgehead atoms. The van der Waals surface area contributed by atoms with E-state index in [1.54, 1.807) is 0 Å². The van der Waals surface area contributed by atoms with Crippen LogP contribution < -0.4 is 21.2 Å². The standard InChI is InChI=1S/2C14H14P.2Au.4ClH/c2*1-15(2,13-9-5-3-6-10-13)14-11-7-4-8-12-14;;;;;;/h2*3-12H,1-2H2;;;4*1H/q2*-1;2*+1;;;;/p-4. The van der Waals surface area contributed by atoms with Crippen LogP contribution in [0.15, 0.2) is 121 Å². The third kappa shape index (κ3) is 12.1. The van der Waals surface area contributed by atoms with Crippen molar-refractivity contribution in [3.8, 4) is 0 Å². The zero-order valence-corrected chi connectivity index (χ0v) is 28.5. The summed E-state index contributed by atoms with van der Waals surface area (Å²) in [5.41, 5.74) is 0. The third-order valence-corrected chi connectivity index (χ3v) is 10.1. The van der Waals surface area contributed by atoms with E-state index in [-0.39, 0.29) is 35.2 Å². The average molecular weight is 962 g/mol. The Morgan fingerprint density at radius 3 is 0.639 bits per heavy atom. The van der Waals surface area contributed by atoms with Crippen LogP contribution in [-0.4, -0.2) is 0 Å². The molecule has 0 aliphatic heterocycles. The summed E-state index contributed by atoms with van der Waals surface area (Å²) in [5, 5.41) is 4.99. The third-order valence-electron chi connectivity index (χ3n) is 5.00. The Balaban J connectivity index is 0.000000296. The van der Waals surface area contributed by atoms with Crippen LogP contribution in [0.2, 0.25) is 0 Å². The van der Waals surface area contributed by atoms with Crippen molar-refractivity contribution in [2.24, 2.45) is 0 Å². The first-order valence-corrected chi connectivity index (χ1v) is 25.3. The van der Waals surface area contributed by atoms with Crippen LogP contribution in [0.5, 0.6) is 0 Å². The van der Waals surface area contributed by atoms with E-state index in [0.717, 1.165) is 0 Å². The first-order valence-electron chi connectivity index (χ1n) is 10.3. The molecule has 4 rings (SSSR count). The van der Waals surface area contributed by atoms with Crippen molar-refractivity contribution >= 4 is 72.5 Å². The molecule has 4 aromatic carbocycles. The minimum absolute atomic E-state index is 0.389. The average Bonchev–Trinajstić information content (AvgIpc) is 2.92. The van der Waals surface area contributed by atoms with Crippen molar-refractivity contribution < 1.29 is 35.2 Å². The van der Waals surface area contributed by atoms with E-state index >= 15 is 0 Å². The molecule has 0 saturated heterocycles. The molecule has 204 valence electrons. The van der Waals surface area contributed by atoms with Crippen LogP contribution in [0.3, 0.4) is 0 Å². The van der Waals surface area contributed by atoms with Crippen LogP contribution in [0.25, 0.3) is 0 Å². The minimum atomic E-state index is -1.65. The van der Waals surface area contributed by atoms with Crippen molar-refractivity contribution in [2.45, 2.75) is 0 Å². The molecule has 8 heteroatoms. The van der Waals surface area contributed by atoms with Crippen molar-refractivity contribution in [1.29, 1.82) is 0 Å². The van der Waals surface area contributed by atoms with E-state index in [1.807, 2.05) is 72.8 Å². The fourth-order valence-electron chi connectivity index (χ4n) is 3.15. The predicted molar refractivity (Wildman–Crippen MR) is 163 cm³/mol. The van der Waals surface area contributed by atoms with Crippen LogP contribution in [-0.2, 0) is 35.2 Å². The van der Waals surface area contributed by atoms with Gasteiger partial charge in [-0.2, -0.15) is 41.2 Å². The zero-order chi connectivity index (χ0) is 26.9. The quantitative estimate of drug-likeness (QED) is 0.109. The second-order valence-corrected chi connectivity index (χ2v) is 19.6. The Morgan fingerprint density at radius 1 is 0.361 bits per heavy atom. The Hall–Kier alpha value is 0.381. The number of hydrogen-bond acceptors (Lipinski definition) is 0. The maximum absolute atomic E-state index is 4.86. The van der Waals surface area contributed by atoms with Gasteiger partial charge in [0.15, 0.2) is 0 Å². The Bertz CT molecular complexity index is 898. The topological polar surface area (TPSA) is 0 Å². The van der Waals surface area contributed by atoms with E-state index in [1.165, 1.54) is 21.2 Å². The fraction of sp³-hybridized carbons (Fsp3) is 0. The SMILES string of the molecule is [CH2-][P+]([CH2-])(c1ccccc1)c1ccccc1.[CH2-][P+]([CH2-])(c1ccccc1)c1ccccc1.[Cl][Au-][Cl].[Cl][Au-][Cl]. The molecule has 36 heavy (non-hydrogen) atoms. The van der Waals surface area contributed by atoms with Crippen molar-refractivity contribution in [2.75, 3.05) is 0 Å². The molecule has 0 nitrogen and oxygen atoms in total. The zero-order valence-electron chi connectivity index (χ0n) is 19.4. The van der Waals surface area contributed by atoms with E-state index in [0.29, 0.717) is 0 Å². The molecule has 0 spiro atoms. The number of benzene rings is 4. The molecule has 0 radical (unpaired) electrons. The Kier molecular flexibility index (Phi) is 18.6. The first-order chi connectivity index (χ1) is 17.2. The Labute approximate surface area is 253 Å². The molecule has 0 aromatic heterocycles. The number of hydrogen-bond donors (Lipinski definition) is 0. The van der Waals surface area contributed by atoms with Gasteiger partial charge in [-0.25, -0.2) is 0 Å². The summed E-state index contributed by atoms with van der Waals surface area (Å²) >= 11 is -0.778. The first kappa shape index (κ1) is 34.4. The second kappa shape index (κ2) is 19.4. The van der Waals surface area contributed by atoms with Gasteiger partial charge >= 0.3 is 71.9 Å².